The molecule has 0 unspecified atom stereocenters. The number of amides is 1. The third-order valence-electron chi connectivity index (χ3n) is 1.97. The Morgan fingerprint density at radius 3 is 2.72 bits per heavy atom. The minimum atomic E-state index is -0.845. The van der Waals surface area contributed by atoms with Gasteiger partial charge < -0.3 is 15.2 Å². The Morgan fingerprint density at radius 2 is 2.22 bits per heavy atom. The molecule has 18 heavy (non-hydrogen) atoms. The third-order valence-corrected chi connectivity index (χ3v) is 2.20. The molecule has 1 rings (SSSR count). The maximum atomic E-state index is 11.4. The highest BCUT2D eigenvalue weighted by molar-refractivity contribution is 6.29. The molecule has 0 aromatic carbocycles. The van der Waals surface area contributed by atoms with Gasteiger partial charge in [-0.1, -0.05) is 17.7 Å². The fraction of sp³-hybridized carbons (Fsp3) is 0.500. The molecular formula is C12H17ClN2O3. The van der Waals surface area contributed by atoms with Gasteiger partial charge in [-0.2, -0.15) is 0 Å². The van der Waals surface area contributed by atoms with Crippen molar-refractivity contribution in [3.05, 3.63) is 29.0 Å². The molecule has 5 nitrogen and oxygen atoms in total. The zero-order chi connectivity index (χ0) is 13.8. The van der Waals surface area contributed by atoms with Gasteiger partial charge in [-0.15, -0.1) is 0 Å². The van der Waals surface area contributed by atoms with Gasteiger partial charge in [0.2, 0.25) is 0 Å². The highest BCUT2D eigenvalue weighted by atomic mass is 35.5. The van der Waals surface area contributed by atoms with Crippen LogP contribution in [0.4, 0.5) is 4.79 Å². The Balaban J connectivity index is 2.44. The van der Waals surface area contributed by atoms with Gasteiger partial charge in [0.25, 0.3) is 0 Å². The van der Waals surface area contributed by atoms with Gasteiger partial charge in [-0.3, -0.25) is 0 Å². The smallest absolute Gasteiger partial charge is 0.407 e. The van der Waals surface area contributed by atoms with Crippen LogP contribution < -0.4 is 5.32 Å². The molecule has 100 valence electrons. The number of ether oxygens (including phenoxy) is 1. The van der Waals surface area contributed by atoms with Gasteiger partial charge in [0.15, 0.2) is 0 Å². The number of carbonyl (C=O) groups is 1. The highest BCUT2D eigenvalue weighted by Gasteiger charge is 2.17. The van der Waals surface area contributed by atoms with Gasteiger partial charge in [-0.25, -0.2) is 9.78 Å². The third kappa shape index (κ3) is 5.33. The fourth-order valence-electron chi connectivity index (χ4n) is 1.20. The molecular weight excluding hydrogens is 256 g/mol. The predicted molar refractivity (Wildman–Crippen MR) is 68.4 cm³/mol. The van der Waals surface area contributed by atoms with E-state index < -0.39 is 17.8 Å². The Morgan fingerprint density at radius 1 is 1.56 bits per heavy atom. The summed E-state index contributed by atoms with van der Waals surface area (Å²) in [5.41, 5.74) is 0.0205. The van der Waals surface area contributed by atoms with E-state index in [1.165, 1.54) is 6.20 Å². The van der Waals surface area contributed by atoms with Crippen LogP contribution >= 0.6 is 11.6 Å². The first-order valence-electron chi connectivity index (χ1n) is 5.54. The molecule has 1 aromatic heterocycles. The predicted octanol–water partition coefficient (Wildman–Crippen LogP) is 2.29. The van der Waals surface area contributed by atoms with Crippen LogP contribution in [0.15, 0.2) is 18.3 Å². The van der Waals surface area contributed by atoms with Crippen molar-refractivity contribution in [3.8, 4) is 0 Å². The molecule has 0 saturated heterocycles. The molecule has 1 aromatic rings. The lowest BCUT2D eigenvalue weighted by Gasteiger charge is -2.20. The molecule has 1 amide bonds. The van der Waals surface area contributed by atoms with E-state index in [2.05, 4.69) is 10.3 Å². The number of nitrogens with zero attached hydrogens (tertiary/aromatic N) is 1. The first kappa shape index (κ1) is 14.7. The summed E-state index contributed by atoms with van der Waals surface area (Å²) in [6.07, 6.45) is 0.0507. The molecule has 0 saturated carbocycles. The number of hydrogen-bond donors (Lipinski definition) is 2. The largest absolute Gasteiger partial charge is 0.444 e. The van der Waals surface area contributed by atoms with Crippen LogP contribution in [-0.2, 0) is 4.74 Å². The maximum absolute atomic E-state index is 11.4. The van der Waals surface area contributed by atoms with Crippen LogP contribution in [0, 0.1) is 0 Å². The second-order valence-corrected chi connectivity index (χ2v) is 5.20. The minimum Gasteiger partial charge on any atom is -0.444 e. The maximum Gasteiger partial charge on any atom is 0.407 e. The van der Waals surface area contributed by atoms with Crippen molar-refractivity contribution in [1.82, 2.24) is 10.3 Å². The van der Waals surface area contributed by atoms with E-state index in [4.69, 9.17) is 16.3 Å². The molecule has 0 fully saturated rings. The van der Waals surface area contributed by atoms with Gasteiger partial charge in [0, 0.05) is 11.8 Å². The summed E-state index contributed by atoms with van der Waals surface area (Å²) in [5, 5.41) is 12.6. The van der Waals surface area contributed by atoms with Crippen molar-refractivity contribution >= 4 is 17.7 Å². The lowest BCUT2D eigenvalue weighted by atomic mass is 10.1. The van der Waals surface area contributed by atoms with Crippen molar-refractivity contribution in [3.63, 3.8) is 0 Å². The van der Waals surface area contributed by atoms with E-state index in [9.17, 15) is 9.90 Å². The lowest BCUT2D eigenvalue weighted by molar-refractivity contribution is 0.0491. The van der Waals surface area contributed by atoms with E-state index in [1.54, 1.807) is 32.9 Å². The number of pyridine rings is 1. The average molecular weight is 273 g/mol. The van der Waals surface area contributed by atoms with Gasteiger partial charge in [-0.05, 0) is 26.8 Å². The molecule has 1 atom stereocenters. The van der Waals surface area contributed by atoms with Crippen LogP contribution in [0.25, 0.3) is 0 Å². The van der Waals surface area contributed by atoms with Gasteiger partial charge in [0.05, 0.1) is 12.6 Å². The summed E-state index contributed by atoms with van der Waals surface area (Å²) in [5.74, 6) is 0. The quantitative estimate of drug-likeness (QED) is 0.828. The van der Waals surface area contributed by atoms with Crippen LogP contribution in [0.1, 0.15) is 32.4 Å². The van der Waals surface area contributed by atoms with Crippen LogP contribution in [0.2, 0.25) is 5.15 Å². The SMILES string of the molecule is CC(C)(C)OC(=O)NC[C@@H](O)c1ccc(Cl)nc1. The number of aromatic nitrogens is 1. The summed E-state index contributed by atoms with van der Waals surface area (Å²) >= 11 is 5.63. The number of alkyl carbamates (subject to hydrolysis) is 1. The number of aliphatic hydroxyl groups is 1. The van der Waals surface area contributed by atoms with E-state index >= 15 is 0 Å². The molecule has 0 aliphatic heterocycles. The Bertz CT molecular complexity index is 401. The van der Waals surface area contributed by atoms with Crippen LogP contribution in [0.3, 0.4) is 0 Å². The van der Waals surface area contributed by atoms with Crippen molar-refractivity contribution in [2.75, 3.05) is 6.54 Å². The summed E-state index contributed by atoms with van der Waals surface area (Å²) in [6.45, 7) is 5.36. The molecule has 0 radical (unpaired) electrons. The molecule has 6 heteroatoms. The van der Waals surface area contributed by atoms with Crippen LogP contribution in [-0.4, -0.2) is 28.3 Å². The van der Waals surface area contributed by atoms with E-state index in [-0.39, 0.29) is 6.54 Å². The highest BCUT2D eigenvalue weighted by Crippen LogP contribution is 2.13. The second kappa shape index (κ2) is 6.02. The van der Waals surface area contributed by atoms with E-state index in [0.29, 0.717) is 10.7 Å². The molecule has 1 heterocycles. The van der Waals surface area contributed by atoms with Gasteiger partial charge in [0.1, 0.15) is 10.8 Å². The van der Waals surface area contributed by atoms with E-state index in [1.807, 2.05) is 0 Å². The Labute approximate surface area is 111 Å². The Kier molecular flexibility index (Phi) is 4.93. The standard InChI is InChI=1S/C12H17ClN2O3/c1-12(2,3)18-11(17)15-7-9(16)8-4-5-10(13)14-6-8/h4-6,9,16H,7H2,1-3H3,(H,15,17)/t9-/m1/s1. The second-order valence-electron chi connectivity index (χ2n) is 4.81. The van der Waals surface area contributed by atoms with Crippen LogP contribution in [0.5, 0.6) is 0 Å². The number of halogens is 1. The average Bonchev–Trinajstić information content (AvgIpc) is 2.24. The zero-order valence-corrected chi connectivity index (χ0v) is 11.4. The summed E-state index contributed by atoms with van der Waals surface area (Å²) in [6, 6.07) is 3.23. The van der Waals surface area contributed by atoms with Crippen molar-refractivity contribution in [1.29, 1.82) is 0 Å². The normalized spacial score (nSPS) is 12.9. The lowest BCUT2D eigenvalue weighted by Crippen LogP contribution is -2.34. The first-order valence-corrected chi connectivity index (χ1v) is 5.92. The molecule has 0 spiro atoms. The van der Waals surface area contributed by atoms with E-state index in [0.717, 1.165) is 0 Å². The summed E-state index contributed by atoms with van der Waals surface area (Å²) in [7, 11) is 0. The van der Waals surface area contributed by atoms with Gasteiger partial charge >= 0.3 is 6.09 Å². The Hall–Kier alpha value is -1.33. The monoisotopic (exact) mass is 272 g/mol. The number of aliphatic hydroxyl groups excluding tert-OH is 1. The van der Waals surface area contributed by atoms with Crippen molar-refractivity contribution < 1.29 is 14.6 Å². The number of carbonyl (C=O) groups excluding carboxylic acids is 1. The molecule has 0 bridgehead atoms. The molecule has 0 aliphatic carbocycles. The molecule has 0 aliphatic rings. The van der Waals surface area contributed by atoms with Crippen molar-refractivity contribution in [2.45, 2.75) is 32.5 Å². The topological polar surface area (TPSA) is 71.5 Å². The first-order chi connectivity index (χ1) is 8.28. The molecule has 2 N–H and O–H groups in total. The summed E-state index contributed by atoms with van der Waals surface area (Å²) < 4.78 is 5.05. The number of hydrogen-bond acceptors (Lipinski definition) is 4. The zero-order valence-electron chi connectivity index (χ0n) is 10.6. The summed E-state index contributed by atoms with van der Waals surface area (Å²) in [4.78, 5) is 15.2. The van der Waals surface area contributed by atoms with Crippen molar-refractivity contribution in [2.24, 2.45) is 0 Å². The number of rotatable bonds is 3. The number of nitrogens with one attached hydrogen (secondary N) is 1. The minimum absolute atomic E-state index is 0.0538. The fourth-order valence-corrected chi connectivity index (χ4v) is 1.31.